The van der Waals surface area contributed by atoms with E-state index in [9.17, 15) is 9.59 Å². The lowest BCUT2D eigenvalue weighted by Gasteiger charge is -2.09. The quantitative estimate of drug-likeness (QED) is 0.445. The van der Waals surface area contributed by atoms with Crippen LogP contribution in [0.5, 0.6) is 11.5 Å². The zero-order valence-electron chi connectivity index (χ0n) is 15.6. The summed E-state index contributed by atoms with van der Waals surface area (Å²) in [7, 11) is 1.54. The Hall–Kier alpha value is -3.35. The van der Waals surface area contributed by atoms with Crippen LogP contribution >= 0.6 is 0 Å². The van der Waals surface area contributed by atoms with Crippen LogP contribution in [-0.4, -0.2) is 31.7 Å². The molecule has 0 saturated heterocycles. The molecule has 27 heavy (non-hydrogen) atoms. The van der Waals surface area contributed by atoms with Crippen molar-refractivity contribution in [3.05, 3.63) is 59.2 Å². The van der Waals surface area contributed by atoms with E-state index in [0.717, 1.165) is 11.1 Å². The van der Waals surface area contributed by atoms with Crippen molar-refractivity contribution < 1.29 is 19.1 Å². The molecule has 0 saturated carbocycles. The van der Waals surface area contributed by atoms with E-state index in [4.69, 9.17) is 9.47 Å². The van der Waals surface area contributed by atoms with Crippen molar-refractivity contribution >= 4 is 18.0 Å². The van der Waals surface area contributed by atoms with Crippen LogP contribution in [0.1, 0.15) is 23.6 Å². The summed E-state index contributed by atoms with van der Waals surface area (Å²) in [5.74, 6) is -0.409. The maximum absolute atomic E-state index is 11.8. The third-order valence-electron chi connectivity index (χ3n) is 3.65. The average Bonchev–Trinajstić information content (AvgIpc) is 2.68. The van der Waals surface area contributed by atoms with Gasteiger partial charge in [0.2, 0.25) is 0 Å². The van der Waals surface area contributed by atoms with E-state index in [0.29, 0.717) is 23.7 Å². The number of amides is 2. The summed E-state index contributed by atoms with van der Waals surface area (Å²) in [5.41, 5.74) is 4.93. The predicted molar refractivity (Wildman–Crippen MR) is 103 cm³/mol. The number of rotatable bonds is 7. The first kappa shape index (κ1) is 20.0. The van der Waals surface area contributed by atoms with Crippen LogP contribution < -0.4 is 20.2 Å². The van der Waals surface area contributed by atoms with Crippen molar-refractivity contribution in [3.8, 4) is 11.5 Å². The monoisotopic (exact) mass is 369 g/mol. The molecule has 0 aliphatic rings. The number of hydrogen-bond donors (Lipinski definition) is 2. The molecule has 0 bridgehead atoms. The second-order valence-electron chi connectivity index (χ2n) is 5.71. The summed E-state index contributed by atoms with van der Waals surface area (Å²) >= 11 is 0. The maximum atomic E-state index is 11.8. The van der Waals surface area contributed by atoms with Gasteiger partial charge in [0.05, 0.1) is 19.9 Å². The van der Waals surface area contributed by atoms with Gasteiger partial charge in [0, 0.05) is 6.54 Å². The fourth-order valence-electron chi connectivity index (χ4n) is 2.22. The molecule has 0 aliphatic heterocycles. The molecule has 0 spiro atoms. The highest BCUT2D eigenvalue weighted by Gasteiger charge is 2.12. The van der Waals surface area contributed by atoms with Crippen LogP contribution in [0.15, 0.2) is 47.6 Å². The van der Waals surface area contributed by atoms with Gasteiger partial charge in [-0.1, -0.05) is 29.8 Å². The summed E-state index contributed by atoms with van der Waals surface area (Å²) in [6.45, 7) is 4.66. The van der Waals surface area contributed by atoms with Gasteiger partial charge in [0.25, 0.3) is 0 Å². The second kappa shape index (κ2) is 9.96. The number of hydrazone groups is 1. The summed E-state index contributed by atoms with van der Waals surface area (Å²) in [5, 5.41) is 6.34. The van der Waals surface area contributed by atoms with Gasteiger partial charge in [-0.3, -0.25) is 9.59 Å². The van der Waals surface area contributed by atoms with Crippen molar-refractivity contribution in [1.82, 2.24) is 10.7 Å². The van der Waals surface area contributed by atoms with Crippen LogP contribution in [0.2, 0.25) is 0 Å². The van der Waals surface area contributed by atoms with E-state index in [1.165, 1.54) is 6.21 Å². The third kappa shape index (κ3) is 6.14. The van der Waals surface area contributed by atoms with Gasteiger partial charge in [0.15, 0.2) is 11.5 Å². The Morgan fingerprint density at radius 1 is 1.07 bits per heavy atom. The topological polar surface area (TPSA) is 89.0 Å². The maximum Gasteiger partial charge on any atom is 0.329 e. The molecule has 0 heterocycles. The van der Waals surface area contributed by atoms with Gasteiger partial charge < -0.3 is 14.8 Å². The SMILES string of the molecule is CCOc1ccc(/C=N\NC(=O)C(=O)NCc2ccc(C)cc2)cc1OC. The van der Waals surface area contributed by atoms with Gasteiger partial charge >= 0.3 is 11.8 Å². The highest BCUT2D eigenvalue weighted by atomic mass is 16.5. The summed E-state index contributed by atoms with van der Waals surface area (Å²) < 4.78 is 10.7. The first-order chi connectivity index (χ1) is 13.0. The zero-order chi connectivity index (χ0) is 19.6. The minimum Gasteiger partial charge on any atom is -0.493 e. The number of hydrogen-bond acceptors (Lipinski definition) is 5. The van der Waals surface area contributed by atoms with Crippen molar-refractivity contribution in [2.45, 2.75) is 20.4 Å². The fraction of sp³-hybridized carbons (Fsp3) is 0.250. The van der Waals surface area contributed by atoms with E-state index in [2.05, 4.69) is 15.8 Å². The normalized spacial score (nSPS) is 10.5. The molecule has 2 amide bonds. The van der Waals surface area contributed by atoms with Gasteiger partial charge in [0.1, 0.15) is 0 Å². The highest BCUT2D eigenvalue weighted by Crippen LogP contribution is 2.27. The Balaban J connectivity index is 1.86. The van der Waals surface area contributed by atoms with E-state index in [1.54, 1.807) is 25.3 Å². The average molecular weight is 369 g/mol. The summed E-state index contributed by atoms with van der Waals surface area (Å²) in [4.78, 5) is 23.6. The van der Waals surface area contributed by atoms with Gasteiger partial charge in [-0.05, 0) is 43.2 Å². The minimum atomic E-state index is -0.837. The van der Waals surface area contributed by atoms with Crippen LogP contribution in [0.4, 0.5) is 0 Å². The third-order valence-corrected chi connectivity index (χ3v) is 3.65. The molecule has 2 N–H and O–H groups in total. The molecular formula is C20H23N3O4. The molecule has 2 aromatic rings. The second-order valence-corrected chi connectivity index (χ2v) is 5.71. The number of ether oxygens (including phenoxy) is 2. The lowest BCUT2D eigenvalue weighted by molar-refractivity contribution is -0.139. The number of carbonyl (C=O) groups excluding carboxylic acids is 2. The molecule has 0 aliphatic carbocycles. The first-order valence-corrected chi connectivity index (χ1v) is 8.51. The zero-order valence-corrected chi connectivity index (χ0v) is 15.6. The first-order valence-electron chi connectivity index (χ1n) is 8.51. The van der Waals surface area contributed by atoms with Crippen molar-refractivity contribution in [1.29, 1.82) is 0 Å². The molecule has 2 aromatic carbocycles. The number of aryl methyl sites for hydroxylation is 1. The number of nitrogens with zero attached hydrogens (tertiary/aromatic N) is 1. The van der Waals surface area contributed by atoms with Crippen molar-refractivity contribution in [3.63, 3.8) is 0 Å². The van der Waals surface area contributed by atoms with Gasteiger partial charge in [-0.2, -0.15) is 5.10 Å². The van der Waals surface area contributed by atoms with Gasteiger partial charge in [-0.25, -0.2) is 5.43 Å². The smallest absolute Gasteiger partial charge is 0.329 e. The highest BCUT2D eigenvalue weighted by molar-refractivity contribution is 6.35. The number of nitrogens with one attached hydrogen (secondary N) is 2. The Labute approximate surface area is 158 Å². The molecule has 0 radical (unpaired) electrons. The van der Waals surface area contributed by atoms with Crippen LogP contribution in [0, 0.1) is 6.92 Å². The van der Waals surface area contributed by atoms with E-state index >= 15 is 0 Å². The lowest BCUT2D eigenvalue weighted by atomic mass is 10.1. The minimum absolute atomic E-state index is 0.270. The van der Waals surface area contributed by atoms with Crippen molar-refractivity contribution in [2.24, 2.45) is 5.10 Å². The number of methoxy groups -OCH3 is 1. The number of carbonyl (C=O) groups is 2. The van der Waals surface area contributed by atoms with E-state index in [1.807, 2.05) is 38.1 Å². The van der Waals surface area contributed by atoms with E-state index < -0.39 is 11.8 Å². The Bertz CT molecular complexity index is 816. The Morgan fingerprint density at radius 2 is 1.81 bits per heavy atom. The molecule has 0 aromatic heterocycles. The van der Waals surface area contributed by atoms with E-state index in [-0.39, 0.29) is 6.54 Å². The molecule has 0 unspecified atom stereocenters. The summed E-state index contributed by atoms with van der Waals surface area (Å²) in [6, 6.07) is 12.9. The Kier molecular flexibility index (Phi) is 7.37. The van der Waals surface area contributed by atoms with Crippen LogP contribution in [0.3, 0.4) is 0 Å². The Morgan fingerprint density at radius 3 is 2.48 bits per heavy atom. The molecule has 0 atom stereocenters. The molecule has 0 fully saturated rings. The van der Waals surface area contributed by atoms with Crippen LogP contribution in [-0.2, 0) is 16.1 Å². The largest absolute Gasteiger partial charge is 0.493 e. The van der Waals surface area contributed by atoms with Crippen LogP contribution in [0.25, 0.3) is 0 Å². The van der Waals surface area contributed by atoms with Crippen molar-refractivity contribution in [2.75, 3.05) is 13.7 Å². The fourth-order valence-corrected chi connectivity index (χ4v) is 2.22. The molecule has 2 rings (SSSR count). The summed E-state index contributed by atoms with van der Waals surface area (Å²) in [6.07, 6.45) is 1.42. The predicted octanol–water partition coefficient (Wildman–Crippen LogP) is 2.17. The lowest BCUT2D eigenvalue weighted by Crippen LogP contribution is -2.37. The molecule has 7 heteroatoms. The number of benzene rings is 2. The van der Waals surface area contributed by atoms with Gasteiger partial charge in [-0.15, -0.1) is 0 Å². The molecule has 7 nitrogen and oxygen atoms in total. The molecular weight excluding hydrogens is 346 g/mol. The molecule has 142 valence electrons. The standard InChI is InChI=1S/C20H23N3O4/c1-4-27-17-10-9-16(11-18(17)26-3)13-22-23-20(25)19(24)21-12-15-7-5-14(2)6-8-15/h5-11,13H,4,12H2,1-3H3,(H,21,24)(H,23,25)/b22-13-.